The van der Waals surface area contributed by atoms with Crippen molar-refractivity contribution in [3.8, 4) is 17.0 Å². The van der Waals surface area contributed by atoms with Gasteiger partial charge in [0, 0.05) is 22.7 Å². The van der Waals surface area contributed by atoms with Crippen molar-refractivity contribution in [1.82, 2.24) is 4.98 Å². The fraction of sp³-hybridized carbons (Fsp3) is 0.0741. The number of rotatable bonds is 6. The summed E-state index contributed by atoms with van der Waals surface area (Å²) in [5, 5.41) is 14.6. The molecule has 3 aromatic carbocycles. The molecule has 0 saturated heterocycles. The predicted octanol–water partition coefficient (Wildman–Crippen LogP) is 6.67. The van der Waals surface area contributed by atoms with E-state index < -0.39 is 23.6 Å². The van der Waals surface area contributed by atoms with Crippen LogP contribution < -0.4 is 15.0 Å². The van der Waals surface area contributed by atoms with Crippen molar-refractivity contribution in [3.05, 3.63) is 95.0 Å². The minimum Gasteiger partial charge on any atom is -0.497 e. The lowest BCUT2D eigenvalue weighted by Crippen LogP contribution is -2.21. The number of anilines is 3. The molecule has 0 radical (unpaired) electrons. The van der Waals surface area contributed by atoms with Crippen LogP contribution in [-0.4, -0.2) is 29.1 Å². The second-order valence-electron chi connectivity index (χ2n) is 8.19. The Morgan fingerprint density at radius 3 is 2.55 bits per heavy atom. The Balaban J connectivity index is 1.51. The van der Waals surface area contributed by atoms with Crippen molar-refractivity contribution in [2.75, 3.05) is 17.3 Å². The lowest BCUT2D eigenvalue weighted by molar-refractivity contribution is -0.137. The molecule has 192 valence electrons. The van der Waals surface area contributed by atoms with Crippen LogP contribution in [0.4, 0.5) is 29.7 Å². The van der Waals surface area contributed by atoms with Gasteiger partial charge in [0.05, 0.1) is 40.9 Å². The van der Waals surface area contributed by atoms with Crippen molar-refractivity contribution in [2.45, 2.75) is 6.18 Å². The van der Waals surface area contributed by atoms with Crippen LogP contribution in [0.2, 0.25) is 0 Å². The van der Waals surface area contributed by atoms with Crippen LogP contribution in [-0.2, 0) is 11.0 Å². The Morgan fingerprint density at radius 1 is 1.11 bits per heavy atom. The number of carboxylic acids is 1. The predicted molar refractivity (Wildman–Crippen MR) is 138 cm³/mol. The summed E-state index contributed by atoms with van der Waals surface area (Å²) in [7, 11) is 1.57. The third-order valence-corrected chi connectivity index (χ3v) is 6.64. The SMILES string of the molecule is COc1ccc(-c2csc(NC=C3C(=O)N(c4cccc(C(=O)O)c4)c4cc(C(F)(F)F)ccc43)n2)cc1. The Labute approximate surface area is 218 Å². The fourth-order valence-electron chi connectivity index (χ4n) is 4.01. The first-order valence-electron chi connectivity index (χ1n) is 11.1. The largest absolute Gasteiger partial charge is 0.497 e. The number of carbonyl (C=O) groups excluding carboxylic acids is 1. The van der Waals surface area contributed by atoms with Crippen molar-refractivity contribution >= 4 is 45.3 Å². The van der Waals surface area contributed by atoms with E-state index in [2.05, 4.69) is 10.3 Å². The monoisotopic (exact) mass is 537 g/mol. The highest BCUT2D eigenvalue weighted by Gasteiger charge is 2.38. The molecule has 1 aromatic heterocycles. The average Bonchev–Trinajstić information content (AvgIpc) is 3.48. The molecule has 0 bridgehead atoms. The van der Waals surface area contributed by atoms with Gasteiger partial charge in [0.15, 0.2) is 5.13 Å². The van der Waals surface area contributed by atoms with Gasteiger partial charge in [-0.25, -0.2) is 9.78 Å². The minimum absolute atomic E-state index is 0.00141. The zero-order valence-electron chi connectivity index (χ0n) is 19.6. The number of nitrogens with zero attached hydrogens (tertiary/aromatic N) is 2. The molecule has 5 rings (SSSR count). The number of hydrogen-bond acceptors (Lipinski definition) is 6. The van der Waals surface area contributed by atoms with E-state index >= 15 is 0 Å². The minimum atomic E-state index is -4.63. The third-order valence-electron chi connectivity index (χ3n) is 5.87. The Morgan fingerprint density at radius 2 is 1.87 bits per heavy atom. The molecule has 0 unspecified atom stereocenters. The van der Waals surface area contributed by atoms with E-state index in [0.29, 0.717) is 16.6 Å². The normalized spacial score (nSPS) is 14.1. The van der Waals surface area contributed by atoms with E-state index in [1.807, 2.05) is 17.5 Å². The number of aromatic carboxylic acids is 1. The number of hydrogen-bond donors (Lipinski definition) is 2. The summed E-state index contributed by atoms with van der Waals surface area (Å²) >= 11 is 1.29. The van der Waals surface area contributed by atoms with Gasteiger partial charge in [0.25, 0.3) is 5.91 Å². The van der Waals surface area contributed by atoms with Gasteiger partial charge in [-0.1, -0.05) is 12.1 Å². The van der Waals surface area contributed by atoms with E-state index in [4.69, 9.17) is 4.74 Å². The van der Waals surface area contributed by atoms with Crippen LogP contribution in [0.1, 0.15) is 21.5 Å². The lowest BCUT2D eigenvalue weighted by atomic mass is 10.1. The molecule has 1 aliphatic rings. The Hall–Kier alpha value is -4.64. The number of carbonyl (C=O) groups is 2. The number of fused-ring (bicyclic) bond motifs is 1. The van der Waals surface area contributed by atoms with Gasteiger partial charge in [0.2, 0.25) is 0 Å². The van der Waals surface area contributed by atoms with Crippen LogP contribution in [0.3, 0.4) is 0 Å². The Bertz CT molecular complexity index is 1580. The second-order valence-corrected chi connectivity index (χ2v) is 9.05. The maximum atomic E-state index is 13.5. The molecular weight excluding hydrogens is 519 g/mol. The highest BCUT2D eigenvalue weighted by Crippen LogP contribution is 2.44. The van der Waals surface area contributed by atoms with Crippen LogP contribution in [0.5, 0.6) is 5.75 Å². The quantitative estimate of drug-likeness (QED) is 0.267. The lowest BCUT2D eigenvalue weighted by Gasteiger charge is -2.19. The Kier molecular flexibility index (Phi) is 6.37. The first-order chi connectivity index (χ1) is 18.2. The number of nitrogens with one attached hydrogen (secondary N) is 1. The zero-order valence-corrected chi connectivity index (χ0v) is 20.4. The number of methoxy groups -OCH3 is 1. The molecule has 0 atom stereocenters. The van der Waals surface area contributed by atoms with E-state index in [1.54, 1.807) is 19.2 Å². The summed E-state index contributed by atoms with van der Waals surface area (Å²) in [5.74, 6) is -1.13. The topological polar surface area (TPSA) is 91.8 Å². The summed E-state index contributed by atoms with van der Waals surface area (Å²) in [6.45, 7) is 0. The van der Waals surface area contributed by atoms with Crippen molar-refractivity contribution < 1.29 is 32.6 Å². The standard InChI is InChI=1S/C27H18F3N3O4S/c1-37-19-8-5-15(6-9-19)22-14-38-26(32-22)31-13-21-20-10-7-17(27(28,29)30)12-23(20)33(24(21)34)18-4-2-3-16(11-18)25(35)36/h2-14H,1H3,(H,31,32)(H,35,36). The molecule has 2 heterocycles. The molecule has 38 heavy (non-hydrogen) atoms. The summed E-state index contributed by atoms with van der Waals surface area (Å²) < 4.78 is 45.6. The number of aromatic nitrogens is 1. The molecule has 0 saturated carbocycles. The molecule has 2 N–H and O–H groups in total. The maximum Gasteiger partial charge on any atom is 0.416 e. The summed E-state index contributed by atoms with van der Waals surface area (Å²) in [4.78, 5) is 30.5. The van der Waals surface area contributed by atoms with Crippen molar-refractivity contribution in [3.63, 3.8) is 0 Å². The number of alkyl halides is 3. The van der Waals surface area contributed by atoms with Gasteiger partial charge in [-0.3, -0.25) is 9.69 Å². The highest BCUT2D eigenvalue weighted by atomic mass is 32.1. The molecule has 0 fully saturated rings. The van der Waals surface area contributed by atoms with E-state index in [1.165, 1.54) is 47.9 Å². The van der Waals surface area contributed by atoms with Gasteiger partial charge < -0.3 is 15.2 Å². The maximum absolute atomic E-state index is 13.5. The number of ether oxygens (including phenoxy) is 1. The van der Waals surface area contributed by atoms with Crippen molar-refractivity contribution in [1.29, 1.82) is 0 Å². The smallest absolute Gasteiger partial charge is 0.416 e. The van der Waals surface area contributed by atoms with Gasteiger partial charge in [0.1, 0.15) is 5.75 Å². The number of thiazole rings is 1. The molecule has 7 nitrogen and oxygen atoms in total. The van der Waals surface area contributed by atoms with E-state index in [9.17, 15) is 27.9 Å². The first kappa shape index (κ1) is 25.0. The number of halogens is 3. The van der Waals surface area contributed by atoms with Crippen LogP contribution >= 0.6 is 11.3 Å². The van der Waals surface area contributed by atoms with Crippen LogP contribution in [0.25, 0.3) is 16.8 Å². The van der Waals surface area contributed by atoms with E-state index in [0.717, 1.165) is 22.6 Å². The number of benzene rings is 3. The van der Waals surface area contributed by atoms with Gasteiger partial charge in [-0.15, -0.1) is 11.3 Å². The fourth-order valence-corrected chi connectivity index (χ4v) is 4.70. The molecule has 0 aliphatic carbocycles. The number of carboxylic acid groups (broad SMARTS) is 1. The summed E-state index contributed by atoms with van der Waals surface area (Å²) in [6, 6.07) is 15.8. The highest BCUT2D eigenvalue weighted by molar-refractivity contribution is 7.14. The van der Waals surface area contributed by atoms with Crippen LogP contribution in [0, 0.1) is 0 Å². The molecule has 1 amide bonds. The van der Waals surface area contributed by atoms with Gasteiger partial charge in [-0.2, -0.15) is 13.2 Å². The molecule has 1 aliphatic heterocycles. The molecule has 4 aromatic rings. The van der Waals surface area contributed by atoms with Gasteiger partial charge in [-0.05, 0) is 54.6 Å². The molecule has 0 spiro atoms. The van der Waals surface area contributed by atoms with E-state index in [-0.39, 0.29) is 28.1 Å². The molecular formula is C27H18F3N3O4S. The average molecular weight is 538 g/mol. The van der Waals surface area contributed by atoms with Crippen LogP contribution in [0.15, 0.2) is 78.3 Å². The zero-order chi connectivity index (χ0) is 27.0. The summed E-state index contributed by atoms with van der Waals surface area (Å²) in [5.41, 5.74) is 1.02. The second kappa shape index (κ2) is 9.67. The van der Waals surface area contributed by atoms with Gasteiger partial charge >= 0.3 is 12.1 Å². The molecule has 11 heteroatoms. The van der Waals surface area contributed by atoms with Crippen molar-refractivity contribution in [2.24, 2.45) is 0 Å². The number of amides is 1. The third kappa shape index (κ3) is 4.71. The summed E-state index contributed by atoms with van der Waals surface area (Å²) in [6.07, 6.45) is -3.23. The first-order valence-corrected chi connectivity index (χ1v) is 12.0.